The molecular formula is C16H11F6NOS. The highest BCUT2D eigenvalue weighted by Gasteiger charge is 2.37. The molecule has 2 rings (SSSR count). The van der Waals surface area contributed by atoms with Crippen molar-refractivity contribution in [2.24, 2.45) is 0 Å². The highest BCUT2D eigenvalue weighted by Crippen LogP contribution is 2.36. The van der Waals surface area contributed by atoms with Crippen molar-refractivity contribution in [3.8, 4) is 0 Å². The van der Waals surface area contributed by atoms with Crippen LogP contribution >= 0.6 is 11.8 Å². The molecule has 0 aliphatic rings. The number of carbonyl (C=O) groups excluding carboxylic acids is 1. The number of hydrogen-bond acceptors (Lipinski definition) is 2. The largest absolute Gasteiger partial charge is 0.416 e. The molecule has 2 nitrogen and oxygen atoms in total. The van der Waals surface area contributed by atoms with Gasteiger partial charge < -0.3 is 5.32 Å². The fourth-order valence-electron chi connectivity index (χ4n) is 1.99. The summed E-state index contributed by atoms with van der Waals surface area (Å²) in [6.45, 7) is 0. The Balaban J connectivity index is 2.41. The molecule has 2 aromatic rings. The molecule has 0 unspecified atom stereocenters. The molecule has 0 saturated carbocycles. The summed E-state index contributed by atoms with van der Waals surface area (Å²) in [5.74, 6) is -1.06. The van der Waals surface area contributed by atoms with E-state index >= 15 is 0 Å². The van der Waals surface area contributed by atoms with Gasteiger partial charge >= 0.3 is 12.4 Å². The maximum Gasteiger partial charge on any atom is 0.416 e. The summed E-state index contributed by atoms with van der Waals surface area (Å²) in [7, 11) is 0. The van der Waals surface area contributed by atoms with Gasteiger partial charge in [0.2, 0.25) is 0 Å². The maximum atomic E-state index is 12.8. The van der Waals surface area contributed by atoms with E-state index in [0.717, 1.165) is 4.90 Å². The van der Waals surface area contributed by atoms with Crippen LogP contribution in [0.25, 0.3) is 0 Å². The number of alkyl halides is 6. The first-order valence-corrected chi connectivity index (χ1v) is 7.98. The molecule has 1 amide bonds. The number of amides is 1. The summed E-state index contributed by atoms with van der Waals surface area (Å²) in [5.41, 5.74) is -3.53. The molecule has 134 valence electrons. The van der Waals surface area contributed by atoms with Crippen LogP contribution in [0, 0.1) is 0 Å². The highest BCUT2D eigenvalue weighted by atomic mass is 32.2. The lowest BCUT2D eigenvalue weighted by molar-refractivity contribution is -0.143. The van der Waals surface area contributed by atoms with Crippen molar-refractivity contribution < 1.29 is 31.1 Å². The van der Waals surface area contributed by atoms with Crippen LogP contribution in [0.15, 0.2) is 47.4 Å². The van der Waals surface area contributed by atoms with Gasteiger partial charge in [-0.15, -0.1) is 11.8 Å². The number of rotatable bonds is 3. The first-order chi connectivity index (χ1) is 11.5. The molecule has 25 heavy (non-hydrogen) atoms. The van der Waals surface area contributed by atoms with E-state index in [1.807, 2.05) is 0 Å². The van der Waals surface area contributed by atoms with Gasteiger partial charge in [0.05, 0.1) is 11.1 Å². The standard InChI is InChI=1S/C16H11F6NOS/c1-25-13-4-2-3-12(8-13)23-14(24)9-5-10(15(17,18)19)7-11(6-9)16(20,21)22/h2-8H,1H3,(H,23,24). The average Bonchev–Trinajstić information content (AvgIpc) is 2.53. The van der Waals surface area contributed by atoms with Crippen LogP contribution in [0.3, 0.4) is 0 Å². The van der Waals surface area contributed by atoms with E-state index in [9.17, 15) is 31.1 Å². The van der Waals surface area contributed by atoms with E-state index in [4.69, 9.17) is 0 Å². The Morgan fingerprint density at radius 1 is 0.920 bits per heavy atom. The molecule has 0 aromatic heterocycles. The van der Waals surface area contributed by atoms with E-state index in [1.165, 1.54) is 17.8 Å². The average molecular weight is 379 g/mol. The van der Waals surface area contributed by atoms with Gasteiger partial charge in [0.15, 0.2) is 0 Å². The van der Waals surface area contributed by atoms with Crippen molar-refractivity contribution in [3.63, 3.8) is 0 Å². The summed E-state index contributed by atoms with van der Waals surface area (Å²) < 4.78 is 76.9. The molecular weight excluding hydrogens is 368 g/mol. The smallest absolute Gasteiger partial charge is 0.322 e. The van der Waals surface area contributed by atoms with Crippen LogP contribution in [0.1, 0.15) is 21.5 Å². The Morgan fingerprint density at radius 3 is 1.96 bits per heavy atom. The van der Waals surface area contributed by atoms with Gasteiger partial charge in [-0.05, 0) is 42.7 Å². The number of anilines is 1. The highest BCUT2D eigenvalue weighted by molar-refractivity contribution is 7.98. The van der Waals surface area contributed by atoms with Gasteiger partial charge in [-0.25, -0.2) is 0 Å². The topological polar surface area (TPSA) is 29.1 Å². The third-order valence-electron chi connectivity index (χ3n) is 3.18. The molecule has 0 aliphatic heterocycles. The Morgan fingerprint density at radius 2 is 1.48 bits per heavy atom. The molecule has 0 saturated heterocycles. The number of nitrogens with one attached hydrogen (secondary N) is 1. The van der Waals surface area contributed by atoms with Crippen molar-refractivity contribution in [1.29, 1.82) is 0 Å². The van der Waals surface area contributed by atoms with E-state index < -0.39 is 35.0 Å². The molecule has 9 heteroatoms. The predicted octanol–water partition coefficient (Wildman–Crippen LogP) is 5.70. The zero-order valence-corrected chi connectivity index (χ0v) is 13.4. The second-order valence-electron chi connectivity index (χ2n) is 4.98. The first kappa shape index (κ1) is 19.2. The number of thioether (sulfide) groups is 1. The SMILES string of the molecule is CSc1cccc(NC(=O)c2cc(C(F)(F)F)cc(C(F)(F)F)c2)c1. The molecule has 2 aromatic carbocycles. The Hall–Kier alpha value is -2.16. The first-order valence-electron chi connectivity index (χ1n) is 6.75. The molecule has 0 heterocycles. The van der Waals surface area contributed by atoms with Gasteiger partial charge in [-0.1, -0.05) is 6.07 Å². The fraction of sp³-hybridized carbons (Fsp3) is 0.188. The lowest BCUT2D eigenvalue weighted by atomic mass is 10.0. The van der Waals surface area contributed by atoms with Gasteiger partial charge in [0.1, 0.15) is 0 Å². The van der Waals surface area contributed by atoms with Gasteiger partial charge in [-0.3, -0.25) is 4.79 Å². The monoisotopic (exact) mass is 379 g/mol. The van der Waals surface area contributed by atoms with Crippen LogP contribution in [0.2, 0.25) is 0 Å². The quantitative estimate of drug-likeness (QED) is 0.548. The van der Waals surface area contributed by atoms with E-state index in [2.05, 4.69) is 5.32 Å². The van der Waals surface area contributed by atoms with Crippen molar-refractivity contribution in [2.45, 2.75) is 17.2 Å². The molecule has 0 aliphatic carbocycles. The molecule has 1 N–H and O–H groups in total. The second-order valence-corrected chi connectivity index (χ2v) is 5.86. The van der Waals surface area contributed by atoms with Crippen molar-refractivity contribution in [2.75, 3.05) is 11.6 Å². The van der Waals surface area contributed by atoms with E-state index in [-0.39, 0.29) is 11.8 Å². The lowest BCUT2D eigenvalue weighted by Gasteiger charge is -2.14. The van der Waals surface area contributed by atoms with E-state index in [1.54, 1.807) is 24.5 Å². The van der Waals surface area contributed by atoms with Gasteiger partial charge in [0, 0.05) is 16.1 Å². The maximum absolute atomic E-state index is 12.8. The molecule has 0 fully saturated rings. The van der Waals surface area contributed by atoms with Crippen LogP contribution in [-0.4, -0.2) is 12.2 Å². The van der Waals surface area contributed by atoms with Gasteiger partial charge in [0.25, 0.3) is 5.91 Å². The van der Waals surface area contributed by atoms with Crippen LogP contribution in [0.5, 0.6) is 0 Å². The molecule has 0 atom stereocenters. The number of benzene rings is 2. The van der Waals surface area contributed by atoms with E-state index in [0.29, 0.717) is 12.1 Å². The molecule has 0 spiro atoms. The minimum atomic E-state index is -5.00. The Labute approximate surface area is 143 Å². The predicted molar refractivity (Wildman–Crippen MR) is 82.6 cm³/mol. The number of halogens is 6. The normalized spacial score (nSPS) is 12.1. The summed E-state index contributed by atoms with van der Waals surface area (Å²) in [6, 6.07) is 7.15. The summed E-state index contributed by atoms with van der Waals surface area (Å²) in [4.78, 5) is 12.9. The minimum Gasteiger partial charge on any atom is -0.322 e. The molecule has 0 bridgehead atoms. The third kappa shape index (κ3) is 4.91. The van der Waals surface area contributed by atoms with Crippen LogP contribution < -0.4 is 5.32 Å². The third-order valence-corrected chi connectivity index (χ3v) is 3.90. The second kappa shape index (κ2) is 6.99. The minimum absolute atomic E-state index is 0.0227. The van der Waals surface area contributed by atoms with Gasteiger partial charge in [-0.2, -0.15) is 26.3 Å². The Bertz CT molecular complexity index is 753. The lowest BCUT2D eigenvalue weighted by Crippen LogP contribution is -2.17. The fourth-order valence-corrected chi connectivity index (χ4v) is 2.45. The van der Waals surface area contributed by atoms with Crippen LogP contribution in [0.4, 0.5) is 32.0 Å². The number of carbonyl (C=O) groups is 1. The van der Waals surface area contributed by atoms with Crippen molar-refractivity contribution in [3.05, 3.63) is 59.2 Å². The Kier molecular flexibility index (Phi) is 5.36. The zero-order chi connectivity index (χ0) is 18.8. The van der Waals surface area contributed by atoms with Crippen molar-refractivity contribution in [1.82, 2.24) is 0 Å². The van der Waals surface area contributed by atoms with Crippen molar-refractivity contribution >= 4 is 23.4 Å². The summed E-state index contributed by atoms with van der Waals surface area (Å²) in [5, 5.41) is 2.30. The summed E-state index contributed by atoms with van der Waals surface area (Å²) in [6.07, 6.45) is -8.23. The zero-order valence-electron chi connectivity index (χ0n) is 12.6. The number of hydrogen-bond donors (Lipinski definition) is 1. The summed E-state index contributed by atoms with van der Waals surface area (Å²) >= 11 is 1.37. The van der Waals surface area contributed by atoms with Crippen LogP contribution in [-0.2, 0) is 12.4 Å². The molecule has 0 radical (unpaired) electrons.